The summed E-state index contributed by atoms with van der Waals surface area (Å²) in [6.07, 6.45) is 6.00. The third-order valence-corrected chi connectivity index (χ3v) is 3.40. The Hall–Kier alpha value is -0.790. The van der Waals surface area contributed by atoms with E-state index in [1.807, 2.05) is 0 Å². The zero-order valence-electron chi connectivity index (χ0n) is 10.4. The van der Waals surface area contributed by atoms with Crippen LogP contribution < -0.4 is 5.32 Å². The van der Waals surface area contributed by atoms with E-state index in [9.17, 15) is 4.79 Å². The molecule has 1 amide bonds. The fourth-order valence-corrected chi connectivity index (χ4v) is 2.09. The van der Waals surface area contributed by atoms with E-state index < -0.39 is 0 Å². The minimum absolute atomic E-state index is 0.0912. The molecule has 0 spiro atoms. The Labute approximate surface area is 93.1 Å². The molecule has 0 saturated heterocycles. The van der Waals surface area contributed by atoms with Gasteiger partial charge in [0.1, 0.15) is 0 Å². The molecule has 0 heterocycles. The fraction of sp³-hybridized carbons (Fsp3) is 0.769. The van der Waals surface area contributed by atoms with Crippen LogP contribution >= 0.6 is 0 Å². The number of rotatable bonds is 5. The standard InChI is InChI=1S/C13H23NO/c1-10(2)6-5-7-13(4)8-12(13)9-14-11(3)15/h6,12H,5,7-9H2,1-4H3,(H,14,15). The summed E-state index contributed by atoms with van der Waals surface area (Å²) in [5.74, 6) is 0.792. The lowest BCUT2D eigenvalue weighted by atomic mass is 9.99. The molecule has 2 unspecified atom stereocenters. The van der Waals surface area contributed by atoms with E-state index >= 15 is 0 Å². The number of nitrogens with one attached hydrogen (secondary N) is 1. The molecule has 2 atom stereocenters. The molecule has 0 radical (unpaired) electrons. The van der Waals surface area contributed by atoms with E-state index in [4.69, 9.17) is 0 Å². The number of amides is 1. The number of hydrogen-bond acceptors (Lipinski definition) is 1. The fourth-order valence-electron chi connectivity index (χ4n) is 2.09. The normalized spacial score (nSPS) is 28.4. The minimum atomic E-state index is 0.0912. The summed E-state index contributed by atoms with van der Waals surface area (Å²) in [5.41, 5.74) is 1.88. The highest BCUT2D eigenvalue weighted by atomic mass is 16.1. The van der Waals surface area contributed by atoms with Crippen molar-refractivity contribution in [2.45, 2.75) is 47.0 Å². The monoisotopic (exact) mass is 209 g/mol. The summed E-state index contributed by atoms with van der Waals surface area (Å²) in [7, 11) is 0. The molecule has 0 aromatic rings. The summed E-state index contributed by atoms with van der Waals surface area (Å²) in [6.45, 7) is 9.07. The van der Waals surface area contributed by atoms with Gasteiger partial charge in [-0.15, -0.1) is 0 Å². The SMILES string of the molecule is CC(=O)NCC1CC1(C)CCC=C(C)C. The zero-order chi connectivity index (χ0) is 11.5. The number of hydrogen-bond donors (Lipinski definition) is 1. The van der Waals surface area contributed by atoms with Crippen LogP contribution in [-0.2, 0) is 4.79 Å². The zero-order valence-corrected chi connectivity index (χ0v) is 10.4. The van der Waals surface area contributed by atoms with E-state index in [1.165, 1.54) is 24.8 Å². The topological polar surface area (TPSA) is 29.1 Å². The van der Waals surface area contributed by atoms with E-state index in [0.29, 0.717) is 11.3 Å². The molecule has 1 saturated carbocycles. The number of carbonyl (C=O) groups is 1. The maximum Gasteiger partial charge on any atom is 0.216 e. The summed E-state index contributed by atoms with van der Waals surface area (Å²) < 4.78 is 0. The molecule has 15 heavy (non-hydrogen) atoms. The lowest BCUT2D eigenvalue weighted by molar-refractivity contribution is -0.119. The molecule has 0 aliphatic heterocycles. The Bertz CT molecular complexity index is 266. The van der Waals surface area contributed by atoms with Crippen LogP contribution in [0.4, 0.5) is 0 Å². The quantitative estimate of drug-likeness (QED) is 0.693. The van der Waals surface area contributed by atoms with Gasteiger partial charge in [0.2, 0.25) is 5.91 Å². The number of allylic oxidation sites excluding steroid dienone is 2. The molecule has 1 rings (SSSR count). The van der Waals surface area contributed by atoms with Crippen molar-refractivity contribution in [3.05, 3.63) is 11.6 Å². The number of carbonyl (C=O) groups excluding carboxylic acids is 1. The lowest BCUT2D eigenvalue weighted by Crippen LogP contribution is -2.23. The minimum Gasteiger partial charge on any atom is -0.356 e. The van der Waals surface area contributed by atoms with E-state index in [2.05, 4.69) is 32.2 Å². The van der Waals surface area contributed by atoms with Gasteiger partial charge in [0.15, 0.2) is 0 Å². The molecular formula is C13H23NO. The third kappa shape index (κ3) is 4.06. The molecule has 86 valence electrons. The Morgan fingerprint density at radius 1 is 1.47 bits per heavy atom. The van der Waals surface area contributed by atoms with Crippen molar-refractivity contribution in [1.82, 2.24) is 5.32 Å². The summed E-state index contributed by atoms with van der Waals surface area (Å²) in [6, 6.07) is 0. The Kier molecular flexibility index (Phi) is 3.95. The van der Waals surface area contributed by atoms with Gasteiger partial charge < -0.3 is 5.32 Å². The van der Waals surface area contributed by atoms with Crippen LogP contribution in [0.3, 0.4) is 0 Å². The van der Waals surface area contributed by atoms with Crippen LogP contribution in [0, 0.1) is 11.3 Å². The second-order valence-corrected chi connectivity index (χ2v) is 5.31. The van der Waals surface area contributed by atoms with Crippen molar-refractivity contribution >= 4 is 5.91 Å². The van der Waals surface area contributed by atoms with Gasteiger partial charge in [-0.2, -0.15) is 0 Å². The van der Waals surface area contributed by atoms with Crippen LogP contribution in [0.15, 0.2) is 11.6 Å². The van der Waals surface area contributed by atoms with Crippen LogP contribution in [0.1, 0.15) is 47.0 Å². The summed E-state index contributed by atoms with van der Waals surface area (Å²) >= 11 is 0. The third-order valence-electron chi connectivity index (χ3n) is 3.40. The highest BCUT2D eigenvalue weighted by molar-refractivity contribution is 5.72. The molecule has 0 aromatic carbocycles. The average Bonchev–Trinajstić information content (AvgIpc) is 2.73. The Morgan fingerprint density at radius 2 is 2.13 bits per heavy atom. The molecule has 1 aliphatic carbocycles. The van der Waals surface area contributed by atoms with Crippen molar-refractivity contribution in [2.75, 3.05) is 6.54 Å². The largest absolute Gasteiger partial charge is 0.356 e. The molecule has 1 fully saturated rings. The van der Waals surface area contributed by atoms with Gasteiger partial charge in [0, 0.05) is 13.5 Å². The van der Waals surface area contributed by atoms with Crippen molar-refractivity contribution < 1.29 is 4.79 Å². The van der Waals surface area contributed by atoms with Crippen molar-refractivity contribution in [1.29, 1.82) is 0 Å². The Morgan fingerprint density at radius 3 is 2.67 bits per heavy atom. The second-order valence-electron chi connectivity index (χ2n) is 5.31. The predicted molar refractivity (Wildman–Crippen MR) is 63.6 cm³/mol. The van der Waals surface area contributed by atoms with Gasteiger partial charge in [-0.1, -0.05) is 18.6 Å². The highest BCUT2D eigenvalue weighted by Gasteiger charge is 2.48. The second kappa shape index (κ2) is 4.82. The smallest absolute Gasteiger partial charge is 0.216 e. The molecule has 0 aromatic heterocycles. The van der Waals surface area contributed by atoms with Crippen LogP contribution in [0.5, 0.6) is 0 Å². The molecule has 2 heteroatoms. The molecule has 2 nitrogen and oxygen atoms in total. The van der Waals surface area contributed by atoms with Crippen LogP contribution in [0.25, 0.3) is 0 Å². The van der Waals surface area contributed by atoms with Gasteiger partial charge in [-0.3, -0.25) is 4.79 Å². The summed E-state index contributed by atoms with van der Waals surface area (Å²) in [4.78, 5) is 10.8. The van der Waals surface area contributed by atoms with E-state index in [1.54, 1.807) is 6.92 Å². The average molecular weight is 209 g/mol. The van der Waals surface area contributed by atoms with Crippen LogP contribution in [-0.4, -0.2) is 12.5 Å². The van der Waals surface area contributed by atoms with E-state index in [0.717, 1.165) is 6.54 Å². The van der Waals surface area contributed by atoms with Gasteiger partial charge in [0.05, 0.1) is 0 Å². The molecule has 1 N–H and O–H groups in total. The molecular weight excluding hydrogens is 186 g/mol. The highest BCUT2D eigenvalue weighted by Crippen LogP contribution is 2.55. The Balaban J connectivity index is 2.21. The maximum absolute atomic E-state index is 10.8. The van der Waals surface area contributed by atoms with E-state index in [-0.39, 0.29) is 5.91 Å². The first-order chi connectivity index (χ1) is 6.94. The first kappa shape index (κ1) is 12.3. The molecule has 1 aliphatic rings. The lowest BCUT2D eigenvalue weighted by Gasteiger charge is -2.09. The first-order valence-electron chi connectivity index (χ1n) is 5.82. The van der Waals surface area contributed by atoms with Crippen molar-refractivity contribution in [3.63, 3.8) is 0 Å². The van der Waals surface area contributed by atoms with Gasteiger partial charge >= 0.3 is 0 Å². The van der Waals surface area contributed by atoms with Gasteiger partial charge in [0.25, 0.3) is 0 Å². The predicted octanol–water partition coefficient (Wildman–Crippen LogP) is 2.90. The van der Waals surface area contributed by atoms with Gasteiger partial charge in [-0.25, -0.2) is 0 Å². The van der Waals surface area contributed by atoms with Crippen molar-refractivity contribution in [3.8, 4) is 0 Å². The van der Waals surface area contributed by atoms with Gasteiger partial charge in [-0.05, 0) is 44.4 Å². The molecule has 0 bridgehead atoms. The van der Waals surface area contributed by atoms with Crippen molar-refractivity contribution in [2.24, 2.45) is 11.3 Å². The summed E-state index contributed by atoms with van der Waals surface area (Å²) in [5, 5.41) is 2.91. The van der Waals surface area contributed by atoms with Crippen LogP contribution in [0.2, 0.25) is 0 Å². The maximum atomic E-state index is 10.8. The first-order valence-corrected chi connectivity index (χ1v) is 5.82.